The van der Waals surface area contributed by atoms with Crippen molar-refractivity contribution in [3.63, 3.8) is 0 Å². The number of hydrogen-bond donors (Lipinski definition) is 2. The summed E-state index contributed by atoms with van der Waals surface area (Å²) in [5.41, 5.74) is 2.37. The number of fused-ring (bicyclic) bond motifs is 1. The van der Waals surface area contributed by atoms with Crippen molar-refractivity contribution in [2.45, 2.75) is 44.3 Å². The summed E-state index contributed by atoms with van der Waals surface area (Å²) >= 11 is 0. The van der Waals surface area contributed by atoms with Gasteiger partial charge < -0.3 is 29.0 Å². The summed E-state index contributed by atoms with van der Waals surface area (Å²) in [6.07, 6.45) is 1.22. The van der Waals surface area contributed by atoms with Gasteiger partial charge in [-0.2, -0.15) is 9.97 Å². The molecule has 0 spiro atoms. The minimum atomic E-state index is -1.08. The molecule has 3 heterocycles. The van der Waals surface area contributed by atoms with Crippen LogP contribution in [0, 0.1) is 5.92 Å². The smallest absolute Gasteiger partial charge is 0.233 e. The number of aliphatic hydroxyl groups is 1. The third-order valence-corrected chi connectivity index (χ3v) is 8.73. The Morgan fingerprint density at radius 3 is 2.18 bits per heavy atom. The molecule has 2 N–H and O–H groups in total. The molecule has 3 aromatic carbocycles. The Hall–Kier alpha value is -5.37. The average molecular weight is 694 g/mol. The number of aromatic nitrogens is 4. The van der Waals surface area contributed by atoms with Gasteiger partial charge in [0.1, 0.15) is 29.4 Å². The molecule has 1 aliphatic rings. The van der Waals surface area contributed by atoms with E-state index >= 15 is 0 Å². The summed E-state index contributed by atoms with van der Waals surface area (Å²) in [6.45, 7) is 3.62. The van der Waals surface area contributed by atoms with Crippen molar-refractivity contribution in [1.29, 1.82) is 0 Å². The van der Waals surface area contributed by atoms with Crippen LogP contribution in [0.1, 0.15) is 43.2 Å². The number of imidazole rings is 1. The van der Waals surface area contributed by atoms with Crippen LogP contribution >= 0.6 is 0 Å². The van der Waals surface area contributed by atoms with Gasteiger partial charge >= 0.3 is 0 Å². The SMILES string of the molecule is COc1ccc(C(OC[C@H]2O[C@@H](n3cnc4c(N=CN(C)C)nc(NC(=O)C(C)C)nc43)C[C@@H]2O)(c2ccccc2)c2ccc(OC)cc2)cc1. The lowest BCUT2D eigenvalue weighted by Gasteiger charge is -2.37. The summed E-state index contributed by atoms with van der Waals surface area (Å²) < 4.78 is 26.2. The van der Waals surface area contributed by atoms with Crippen molar-refractivity contribution in [3.8, 4) is 11.5 Å². The number of carbonyl (C=O) groups excluding carboxylic acids is 1. The van der Waals surface area contributed by atoms with Crippen molar-refractivity contribution in [1.82, 2.24) is 24.4 Å². The fourth-order valence-electron chi connectivity index (χ4n) is 6.00. The maximum atomic E-state index is 12.6. The van der Waals surface area contributed by atoms with E-state index in [2.05, 4.69) is 25.3 Å². The second kappa shape index (κ2) is 15.3. The van der Waals surface area contributed by atoms with Gasteiger partial charge in [-0.1, -0.05) is 68.4 Å². The van der Waals surface area contributed by atoms with Crippen LogP contribution < -0.4 is 14.8 Å². The molecule has 0 unspecified atom stereocenters. The highest BCUT2D eigenvalue weighted by Gasteiger charge is 2.42. The molecule has 1 fully saturated rings. The Bertz CT molecular complexity index is 1920. The molecule has 0 bridgehead atoms. The number of aliphatic hydroxyl groups excluding tert-OH is 1. The molecule has 51 heavy (non-hydrogen) atoms. The monoisotopic (exact) mass is 693 g/mol. The van der Waals surface area contributed by atoms with E-state index in [1.807, 2.05) is 93.0 Å². The first kappa shape index (κ1) is 35.5. The van der Waals surface area contributed by atoms with Gasteiger partial charge in [0.2, 0.25) is 11.9 Å². The van der Waals surface area contributed by atoms with Crippen molar-refractivity contribution < 1.29 is 28.8 Å². The Kier molecular flexibility index (Phi) is 10.6. The fraction of sp³-hybridized carbons (Fsp3) is 0.342. The van der Waals surface area contributed by atoms with E-state index in [9.17, 15) is 9.90 Å². The standard InChI is InChI=1S/C38H43N7O6/c1-24(2)36(47)43-37-41-34(40-22-44(3)4)33-35(42-37)45(23-39-33)32-20-30(46)31(51-32)21-50-38(25-10-8-7-9-11-25,26-12-16-28(48-5)17-13-26)27-14-18-29(49-6)19-15-27/h7-19,22-24,30-32,46H,20-21H2,1-6H3,(H,41,42,43,47)/t30-,31+,32+/m0/s1. The highest BCUT2D eigenvalue weighted by atomic mass is 16.6. The molecule has 3 atom stereocenters. The molecule has 0 aliphatic carbocycles. The normalized spacial score (nSPS) is 17.7. The van der Waals surface area contributed by atoms with Gasteiger partial charge in [0, 0.05) is 26.4 Å². The fourth-order valence-corrected chi connectivity index (χ4v) is 6.00. The highest BCUT2D eigenvalue weighted by Crippen LogP contribution is 2.43. The number of carbonyl (C=O) groups is 1. The van der Waals surface area contributed by atoms with Crippen LogP contribution in [0.4, 0.5) is 11.8 Å². The van der Waals surface area contributed by atoms with Crippen LogP contribution in [0.15, 0.2) is 90.2 Å². The van der Waals surface area contributed by atoms with E-state index < -0.39 is 24.0 Å². The van der Waals surface area contributed by atoms with Crippen LogP contribution in [0.5, 0.6) is 11.5 Å². The second-order valence-corrected chi connectivity index (χ2v) is 12.8. The van der Waals surface area contributed by atoms with Crippen molar-refractivity contribution in [3.05, 3.63) is 102 Å². The van der Waals surface area contributed by atoms with Gasteiger partial charge in [-0.05, 0) is 41.0 Å². The van der Waals surface area contributed by atoms with Crippen LogP contribution in [0.2, 0.25) is 0 Å². The van der Waals surface area contributed by atoms with E-state index in [1.54, 1.807) is 50.2 Å². The molecule has 13 nitrogen and oxygen atoms in total. The zero-order valence-corrected chi connectivity index (χ0v) is 29.6. The average Bonchev–Trinajstić information content (AvgIpc) is 3.74. The number of nitrogens with one attached hydrogen (secondary N) is 1. The van der Waals surface area contributed by atoms with Gasteiger partial charge in [0.05, 0.1) is 39.6 Å². The molecule has 266 valence electrons. The maximum absolute atomic E-state index is 12.6. The van der Waals surface area contributed by atoms with Gasteiger partial charge in [-0.3, -0.25) is 14.7 Å². The Morgan fingerprint density at radius 1 is 1.00 bits per heavy atom. The van der Waals surface area contributed by atoms with Gasteiger partial charge in [0.25, 0.3) is 0 Å². The first-order valence-electron chi connectivity index (χ1n) is 16.7. The zero-order valence-electron chi connectivity index (χ0n) is 29.6. The summed E-state index contributed by atoms with van der Waals surface area (Å²) in [5, 5.41) is 14.2. The maximum Gasteiger partial charge on any atom is 0.233 e. The van der Waals surface area contributed by atoms with E-state index in [-0.39, 0.29) is 36.6 Å². The molecule has 6 rings (SSSR count). The zero-order chi connectivity index (χ0) is 36.1. The topological polar surface area (TPSA) is 145 Å². The van der Waals surface area contributed by atoms with E-state index in [4.69, 9.17) is 18.9 Å². The molecular weight excluding hydrogens is 650 g/mol. The number of aliphatic imine (C=N–C) groups is 1. The van der Waals surface area contributed by atoms with Crippen molar-refractivity contribution >= 4 is 35.2 Å². The van der Waals surface area contributed by atoms with E-state index in [0.717, 1.165) is 16.7 Å². The van der Waals surface area contributed by atoms with Gasteiger partial charge in [-0.15, -0.1) is 0 Å². The van der Waals surface area contributed by atoms with E-state index in [1.165, 1.54) is 0 Å². The molecule has 13 heteroatoms. The predicted molar refractivity (Wildman–Crippen MR) is 193 cm³/mol. The molecule has 1 aliphatic heterocycles. The van der Waals surface area contributed by atoms with Crippen LogP contribution in [-0.4, -0.2) is 88.9 Å². The number of amides is 1. The third-order valence-electron chi connectivity index (χ3n) is 8.73. The number of anilines is 1. The highest BCUT2D eigenvalue weighted by molar-refractivity contribution is 5.92. The summed E-state index contributed by atoms with van der Waals surface area (Å²) in [6, 6.07) is 25.5. The van der Waals surface area contributed by atoms with Crippen LogP contribution in [0.25, 0.3) is 11.2 Å². The number of benzene rings is 3. The summed E-state index contributed by atoms with van der Waals surface area (Å²) in [7, 11) is 6.94. The second-order valence-electron chi connectivity index (χ2n) is 12.8. The number of rotatable bonds is 13. The lowest BCUT2D eigenvalue weighted by Crippen LogP contribution is -2.38. The molecule has 1 saturated heterocycles. The lowest BCUT2D eigenvalue weighted by atomic mass is 9.80. The molecule has 2 aromatic heterocycles. The van der Waals surface area contributed by atoms with Crippen LogP contribution in [0.3, 0.4) is 0 Å². The Balaban J connectivity index is 1.35. The minimum absolute atomic E-state index is 0.0420. The van der Waals surface area contributed by atoms with Gasteiger partial charge in [0.15, 0.2) is 17.0 Å². The van der Waals surface area contributed by atoms with Crippen molar-refractivity contribution in [2.24, 2.45) is 10.9 Å². The summed E-state index contributed by atoms with van der Waals surface area (Å²) in [5.74, 6) is 1.30. The third kappa shape index (κ3) is 7.41. The minimum Gasteiger partial charge on any atom is -0.497 e. The Labute approximate surface area is 296 Å². The molecule has 0 radical (unpaired) electrons. The summed E-state index contributed by atoms with van der Waals surface area (Å²) in [4.78, 5) is 32.5. The molecule has 0 saturated carbocycles. The van der Waals surface area contributed by atoms with Gasteiger partial charge in [-0.25, -0.2) is 9.98 Å². The first-order valence-corrected chi connectivity index (χ1v) is 16.7. The largest absolute Gasteiger partial charge is 0.497 e. The lowest BCUT2D eigenvalue weighted by molar-refractivity contribution is -0.118. The molecule has 5 aromatic rings. The van der Waals surface area contributed by atoms with Crippen LogP contribution in [-0.2, 0) is 19.9 Å². The number of nitrogens with zero attached hydrogens (tertiary/aromatic N) is 6. The Morgan fingerprint density at radius 2 is 1.61 bits per heavy atom. The van der Waals surface area contributed by atoms with Crippen molar-refractivity contribution in [2.75, 3.05) is 40.2 Å². The number of methoxy groups -OCH3 is 2. The van der Waals surface area contributed by atoms with E-state index in [0.29, 0.717) is 22.7 Å². The molecular formula is C38H43N7O6. The first-order chi connectivity index (χ1) is 24.6. The quantitative estimate of drug-likeness (QED) is 0.0945. The molecule has 1 amide bonds. The number of hydrogen-bond acceptors (Lipinski definition) is 10. The predicted octanol–water partition coefficient (Wildman–Crippen LogP) is 5.32. The number of ether oxygens (including phenoxy) is 4.